The van der Waals surface area contributed by atoms with E-state index < -0.39 is 9.05 Å². The molecule has 1 aromatic heterocycles. The van der Waals surface area contributed by atoms with Crippen LogP contribution >= 0.6 is 42.5 Å². The molecule has 0 saturated carbocycles. The van der Waals surface area contributed by atoms with Crippen LogP contribution in [0.25, 0.3) is 0 Å². The molecule has 0 spiro atoms. The Morgan fingerprint density at radius 2 is 1.86 bits per heavy atom. The number of aryl methyl sites for hydroxylation is 1. The van der Waals surface area contributed by atoms with E-state index in [0.29, 0.717) is 14.7 Å². The van der Waals surface area contributed by atoms with Crippen LogP contribution in [0.2, 0.25) is 0 Å². The van der Waals surface area contributed by atoms with Crippen LogP contribution in [0.5, 0.6) is 5.75 Å². The quantitative estimate of drug-likeness (QED) is 0.641. The summed E-state index contributed by atoms with van der Waals surface area (Å²) in [5, 5.41) is 0. The number of hydrogen-bond acceptors (Lipinski definition) is 4. The van der Waals surface area contributed by atoms with Crippen molar-refractivity contribution in [3.63, 3.8) is 0 Å². The summed E-state index contributed by atoms with van der Waals surface area (Å²) in [5.74, 6) is 0.488. The van der Waals surface area contributed by atoms with Crippen molar-refractivity contribution in [3.8, 4) is 5.75 Å². The van der Waals surface area contributed by atoms with Crippen molar-refractivity contribution in [1.82, 2.24) is 4.98 Å². The lowest BCUT2D eigenvalue weighted by atomic mass is 10.3. The highest BCUT2D eigenvalue weighted by atomic mass is 79.9. The van der Waals surface area contributed by atoms with Gasteiger partial charge in [0.2, 0.25) is 0 Å². The number of benzene rings is 1. The maximum Gasteiger partial charge on any atom is 0.261 e. The Morgan fingerprint density at radius 1 is 1.24 bits per heavy atom. The van der Waals surface area contributed by atoms with Crippen molar-refractivity contribution in [1.29, 1.82) is 0 Å². The fourth-order valence-electron chi connectivity index (χ4n) is 1.64. The van der Waals surface area contributed by atoms with Crippen LogP contribution < -0.4 is 4.74 Å². The summed E-state index contributed by atoms with van der Waals surface area (Å²) in [6.07, 6.45) is 0. The second kappa shape index (κ2) is 6.64. The van der Waals surface area contributed by atoms with Gasteiger partial charge >= 0.3 is 0 Å². The van der Waals surface area contributed by atoms with Gasteiger partial charge in [-0.1, -0.05) is 6.07 Å². The van der Waals surface area contributed by atoms with Gasteiger partial charge in [0, 0.05) is 16.4 Å². The lowest BCUT2D eigenvalue weighted by molar-refractivity contribution is 0.297. The first kappa shape index (κ1) is 16.7. The zero-order valence-corrected chi connectivity index (χ0v) is 15.6. The van der Waals surface area contributed by atoms with E-state index in [4.69, 9.17) is 15.4 Å². The highest BCUT2D eigenvalue weighted by molar-refractivity contribution is 9.11. The lowest BCUT2D eigenvalue weighted by Crippen LogP contribution is -2.01. The van der Waals surface area contributed by atoms with Gasteiger partial charge in [-0.3, -0.25) is 4.98 Å². The molecule has 0 saturated heterocycles. The molecule has 2 rings (SSSR count). The number of hydrogen-bond donors (Lipinski definition) is 0. The summed E-state index contributed by atoms with van der Waals surface area (Å²) in [5.41, 5.74) is 1.68. The SMILES string of the molecule is Cc1cccc(COc2c(Br)cc(S(=O)(=O)Cl)cc2Br)n1. The largest absolute Gasteiger partial charge is 0.485 e. The number of ether oxygens (including phenoxy) is 1. The first-order valence-electron chi connectivity index (χ1n) is 5.76. The molecule has 112 valence electrons. The molecule has 0 radical (unpaired) electrons. The minimum Gasteiger partial charge on any atom is -0.485 e. The van der Waals surface area contributed by atoms with Crippen LogP contribution in [0.3, 0.4) is 0 Å². The Balaban J connectivity index is 2.25. The number of rotatable bonds is 4. The normalized spacial score (nSPS) is 11.4. The Hall–Kier alpha value is -0.630. The highest BCUT2D eigenvalue weighted by Crippen LogP contribution is 2.37. The first-order chi connectivity index (χ1) is 9.77. The predicted molar refractivity (Wildman–Crippen MR) is 88.2 cm³/mol. The minimum atomic E-state index is -3.79. The summed E-state index contributed by atoms with van der Waals surface area (Å²) < 4.78 is 29.3. The maximum absolute atomic E-state index is 11.3. The average Bonchev–Trinajstić information content (AvgIpc) is 2.36. The molecule has 21 heavy (non-hydrogen) atoms. The van der Waals surface area contributed by atoms with E-state index in [0.717, 1.165) is 11.4 Å². The van der Waals surface area contributed by atoms with Gasteiger partial charge in [-0.25, -0.2) is 8.42 Å². The summed E-state index contributed by atoms with van der Waals surface area (Å²) in [6.45, 7) is 2.17. The molecule has 2 aromatic rings. The average molecular weight is 456 g/mol. The highest BCUT2D eigenvalue weighted by Gasteiger charge is 2.16. The number of nitrogens with zero attached hydrogens (tertiary/aromatic N) is 1. The molecule has 0 bridgehead atoms. The van der Waals surface area contributed by atoms with Gasteiger partial charge in [-0.2, -0.15) is 0 Å². The summed E-state index contributed by atoms with van der Waals surface area (Å²) >= 11 is 6.56. The molecule has 0 aliphatic carbocycles. The van der Waals surface area contributed by atoms with E-state index in [1.165, 1.54) is 12.1 Å². The van der Waals surface area contributed by atoms with Crippen molar-refractivity contribution in [3.05, 3.63) is 50.7 Å². The van der Waals surface area contributed by atoms with Crippen molar-refractivity contribution < 1.29 is 13.2 Å². The third-order valence-corrected chi connectivity index (χ3v) is 5.08. The monoisotopic (exact) mass is 453 g/mol. The zero-order valence-electron chi connectivity index (χ0n) is 10.8. The van der Waals surface area contributed by atoms with Crippen molar-refractivity contribution in [2.75, 3.05) is 0 Å². The molecule has 8 heteroatoms. The van der Waals surface area contributed by atoms with Gasteiger partial charge in [-0.05, 0) is 63.0 Å². The second-order valence-corrected chi connectivity index (χ2v) is 8.49. The van der Waals surface area contributed by atoms with Gasteiger partial charge in [0.25, 0.3) is 9.05 Å². The smallest absolute Gasteiger partial charge is 0.261 e. The van der Waals surface area contributed by atoms with Gasteiger partial charge in [-0.15, -0.1) is 0 Å². The second-order valence-electron chi connectivity index (χ2n) is 4.21. The van der Waals surface area contributed by atoms with E-state index in [1.54, 1.807) is 0 Å². The summed E-state index contributed by atoms with van der Waals surface area (Å²) in [4.78, 5) is 4.32. The van der Waals surface area contributed by atoms with Gasteiger partial charge in [0.15, 0.2) is 0 Å². The van der Waals surface area contributed by atoms with E-state index in [9.17, 15) is 8.42 Å². The molecule has 1 heterocycles. The van der Waals surface area contributed by atoms with Crippen LogP contribution in [0.15, 0.2) is 44.2 Å². The van der Waals surface area contributed by atoms with E-state index in [-0.39, 0.29) is 11.5 Å². The Kier molecular flexibility index (Phi) is 5.29. The molecule has 4 nitrogen and oxygen atoms in total. The topological polar surface area (TPSA) is 56.3 Å². The third-order valence-electron chi connectivity index (χ3n) is 2.56. The van der Waals surface area contributed by atoms with Gasteiger partial charge in [0.05, 0.1) is 19.5 Å². The van der Waals surface area contributed by atoms with Crippen LogP contribution in [-0.2, 0) is 15.7 Å². The van der Waals surface area contributed by atoms with E-state index in [2.05, 4.69) is 36.8 Å². The van der Waals surface area contributed by atoms with Crippen molar-refractivity contribution >= 4 is 51.6 Å². The van der Waals surface area contributed by atoms with E-state index >= 15 is 0 Å². The zero-order chi connectivity index (χ0) is 15.6. The van der Waals surface area contributed by atoms with Crippen LogP contribution in [0.1, 0.15) is 11.4 Å². The number of pyridine rings is 1. The minimum absolute atomic E-state index is 0.0102. The number of halogens is 3. The molecule has 0 fully saturated rings. The molecule has 0 aliphatic rings. The van der Waals surface area contributed by atoms with Gasteiger partial charge in [0.1, 0.15) is 12.4 Å². The van der Waals surface area contributed by atoms with Crippen LogP contribution in [0, 0.1) is 6.92 Å². The Bertz CT molecular complexity index is 758. The summed E-state index contributed by atoms with van der Waals surface area (Å²) in [7, 11) is 1.53. The Labute approximate surface area is 144 Å². The molecule has 0 unspecified atom stereocenters. The fraction of sp³-hybridized carbons (Fsp3) is 0.154. The van der Waals surface area contributed by atoms with E-state index in [1.807, 2.05) is 25.1 Å². The first-order valence-corrected chi connectivity index (χ1v) is 9.66. The number of aromatic nitrogens is 1. The molecule has 0 aliphatic heterocycles. The lowest BCUT2D eigenvalue weighted by Gasteiger charge is -2.11. The molecule has 0 N–H and O–H groups in total. The molecular weight excluding hydrogens is 445 g/mol. The standard InChI is InChI=1S/C13H10Br2ClNO3S/c1-8-3-2-4-9(17-8)7-20-13-11(14)5-10(6-12(13)15)21(16,18)19/h2-6H,7H2,1H3. The predicted octanol–water partition coefficient (Wildman–Crippen LogP) is 4.42. The third kappa shape index (κ3) is 4.42. The van der Waals surface area contributed by atoms with Crippen LogP contribution in [-0.4, -0.2) is 13.4 Å². The molecule has 1 aromatic carbocycles. The van der Waals surface area contributed by atoms with Gasteiger partial charge < -0.3 is 4.74 Å². The molecule has 0 atom stereocenters. The molecule has 0 amide bonds. The van der Waals surface area contributed by atoms with Crippen LogP contribution in [0.4, 0.5) is 0 Å². The summed E-state index contributed by atoms with van der Waals surface area (Å²) in [6, 6.07) is 8.44. The Morgan fingerprint density at radius 3 is 2.38 bits per heavy atom. The maximum atomic E-state index is 11.3. The fourth-order valence-corrected chi connectivity index (χ4v) is 4.14. The molecular formula is C13H10Br2ClNO3S. The van der Waals surface area contributed by atoms with Crippen molar-refractivity contribution in [2.45, 2.75) is 18.4 Å². The van der Waals surface area contributed by atoms with Crippen molar-refractivity contribution in [2.24, 2.45) is 0 Å².